The van der Waals surface area contributed by atoms with E-state index in [0.29, 0.717) is 17.9 Å². The van der Waals surface area contributed by atoms with Crippen molar-refractivity contribution in [3.8, 4) is 6.07 Å². The number of nitrogens with zero attached hydrogens (tertiary/aromatic N) is 2. The fraction of sp³-hybridized carbons (Fsp3) is 0.923. The third kappa shape index (κ3) is 3.20. The van der Waals surface area contributed by atoms with Crippen LogP contribution in [0, 0.1) is 29.1 Å². The van der Waals surface area contributed by atoms with Crippen molar-refractivity contribution in [3.05, 3.63) is 0 Å². The van der Waals surface area contributed by atoms with Crippen LogP contribution >= 0.6 is 0 Å². The molecule has 1 fully saturated rings. The minimum absolute atomic E-state index is 0.126. The summed E-state index contributed by atoms with van der Waals surface area (Å²) in [5, 5.41) is 12.7. The Morgan fingerprint density at radius 2 is 2.12 bits per heavy atom. The number of hydrogen-bond donors (Lipinski definition) is 1. The first-order valence-electron chi connectivity index (χ1n) is 6.35. The van der Waals surface area contributed by atoms with Crippen LogP contribution < -0.4 is 5.32 Å². The Morgan fingerprint density at radius 3 is 2.56 bits per heavy atom. The first-order chi connectivity index (χ1) is 7.60. The van der Waals surface area contributed by atoms with Gasteiger partial charge < -0.3 is 10.2 Å². The Balaban J connectivity index is 2.68. The molecule has 16 heavy (non-hydrogen) atoms. The maximum absolute atomic E-state index is 9.29. The van der Waals surface area contributed by atoms with Gasteiger partial charge in [0.1, 0.15) is 0 Å². The molecule has 0 amide bonds. The Hall–Kier alpha value is -0.590. The van der Waals surface area contributed by atoms with Crippen molar-refractivity contribution in [3.63, 3.8) is 0 Å². The average molecular weight is 223 g/mol. The number of piperidine rings is 1. The largest absolute Gasteiger partial charge is 0.315 e. The van der Waals surface area contributed by atoms with E-state index in [1.54, 1.807) is 0 Å². The molecule has 0 saturated carbocycles. The van der Waals surface area contributed by atoms with Crippen LogP contribution in [0.15, 0.2) is 0 Å². The van der Waals surface area contributed by atoms with E-state index in [4.69, 9.17) is 0 Å². The van der Waals surface area contributed by atoms with Gasteiger partial charge in [0, 0.05) is 12.6 Å². The highest BCUT2D eigenvalue weighted by molar-refractivity contribution is 4.97. The second kappa shape index (κ2) is 6.22. The molecule has 1 saturated heterocycles. The molecule has 1 heterocycles. The van der Waals surface area contributed by atoms with Gasteiger partial charge in [0.05, 0.1) is 12.0 Å². The molecule has 3 unspecified atom stereocenters. The van der Waals surface area contributed by atoms with E-state index in [1.165, 1.54) is 19.4 Å². The topological polar surface area (TPSA) is 39.1 Å². The fourth-order valence-corrected chi connectivity index (χ4v) is 2.85. The average Bonchev–Trinajstić information content (AvgIpc) is 2.25. The Bertz CT molecular complexity index is 244. The zero-order valence-electron chi connectivity index (χ0n) is 11.0. The number of likely N-dealkylation sites (tertiary alicyclic amines) is 1. The molecule has 0 aromatic rings. The summed E-state index contributed by atoms with van der Waals surface area (Å²) in [6.45, 7) is 6.61. The lowest BCUT2D eigenvalue weighted by molar-refractivity contribution is 0.148. The number of hydrogen-bond acceptors (Lipinski definition) is 3. The van der Waals surface area contributed by atoms with Crippen molar-refractivity contribution in [2.45, 2.75) is 32.7 Å². The smallest absolute Gasteiger partial charge is 0.0675 e. The van der Waals surface area contributed by atoms with Crippen molar-refractivity contribution in [1.82, 2.24) is 10.2 Å². The normalized spacial score (nSPS) is 26.4. The molecule has 0 aromatic carbocycles. The number of nitriles is 1. The van der Waals surface area contributed by atoms with Crippen LogP contribution in [-0.2, 0) is 0 Å². The number of rotatable bonds is 4. The summed E-state index contributed by atoms with van der Waals surface area (Å²) in [4.78, 5) is 2.38. The molecular weight excluding hydrogens is 198 g/mol. The zero-order chi connectivity index (χ0) is 12.1. The van der Waals surface area contributed by atoms with E-state index in [9.17, 15) is 5.26 Å². The van der Waals surface area contributed by atoms with Gasteiger partial charge in [-0.3, -0.25) is 0 Å². The van der Waals surface area contributed by atoms with Gasteiger partial charge in [0.2, 0.25) is 0 Å². The molecule has 0 aromatic heterocycles. The third-order valence-corrected chi connectivity index (χ3v) is 3.76. The van der Waals surface area contributed by atoms with E-state index < -0.39 is 0 Å². The fourth-order valence-electron chi connectivity index (χ4n) is 2.85. The van der Waals surface area contributed by atoms with Crippen molar-refractivity contribution < 1.29 is 0 Å². The molecule has 0 radical (unpaired) electrons. The summed E-state index contributed by atoms with van der Waals surface area (Å²) >= 11 is 0. The van der Waals surface area contributed by atoms with Crippen LogP contribution in [0.2, 0.25) is 0 Å². The Morgan fingerprint density at radius 1 is 1.44 bits per heavy atom. The predicted octanol–water partition coefficient (Wildman–Crippen LogP) is 1.71. The van der Waals surface area contributed by atoms with E-state index in [0.717, 1.165) is 6.54 Å². The predicted molar refractivity (Wildman–Crippen MR) is 67.0 cm³/mol. The van der Waals surface area contributed by atoms with E-state index in [-0.39, 0.29) is 5.92 Å². The maximum atomic E-state index is 9.29. The molecule has 3 heteroatoms. The van der Waals surface area contributed by atoms with Crippen LogP contribution in [0.5, 0.6) is 0 Å². The number of nitrogens with one attached hydrogen (secondary N) is 1. The summed E-state index contributed by atoms with van der Waals surface area (Å²) < 4.78 is 0. The first-order valence-corrected chi connectivity index (χ1v) is 6.35. The molecular formula is C13H25N3. The highest BCUT2D eigenvalue weighted by Crippen LogP contribution is 2.26. The van der Waals surface area contributed by atoms with Gasteiger partial charge in [-0.1, -0.05) is 13.8 Å². The third-order valence-electron chi connectivity index (χ3n) is 3.76. The van der Waals surface area contributed by atoms with Crippen LogP contribution in [-0.4, -0.2) is 38.1 Å². The molecule has 92 valence electrons. The van der Waals surface area contributed by atoms with Crippen molar-refractivity contribution in [2.75, 3.05) is 27.2 Å². The lowest BCUT2D eigenvalue weighted by Gasteiger charge is -2.37. The minimum atomic E-state index is 0.126. The van der Waals surface area contributed by atoms with Gasteiger partial charge in [-0.25, -0.2) is 0 Å². The molecule has 0 bridgehead atoms. The van der Waals surface area contributed by atoms with Crippen molar-refractivity contribution >= 4 is 0 Å². The SMILES string of the molecule is CNC(C1CCCN(C)C1)C(C#N)C(C)C. The Labute approximate surface area is 99.8 Å². The maximum Gasteiger partial charge on any atom is 0.0675 e. The standard InChI is InChI=1S/C13H25N3/c1-10(2)12(8-14)13(15-3)11-6-5-7-16(4)9-11/h10-13,15H,5-7,9H2,1-4H3. The van der Waals surface area contributed by atoms with Gasteiger partial charge >= 0.3 is 0 Å². The van der Waals surface area contributed by atoms with Gasteiger partial charge in [-0.05, 0) is 45.3 Å². The molecule has 0 aliphatic carbocycles. The minimum Gasteiger partial charge on any atom is -0.315 e. The van der Waals surface area contributed by atoms with E-state index in [1.807, 2.05) is 7.05 Å². The monoisotopic (exact) mass is 223 g/mol. The molecule has 3 nitrogen and oxygen atoms in total. The molecule has 3 atom stereocenters. The van der Waals surface area contributed by atoms with E-state index in [2.05, 4.69) is 37.2 Å². The molecule has 0 spiro atoms. The lowest BCUT2D eigenvalue weighted by Crippen LogP contribution is -2.48. The summed E-state index contributed by atoms with van der Waals surface area (Å²) in [5.74, 6) is 1.17. The summed E-state index contributed by atoms with van der Waals surface area (Å²) in [6, 6.07) is 2.82. The van der Waals surface area contributed by atoms with Crippen LogP contribution in [0.1, 0.15) is 26.7 Å². The van der Waals surface area contributed by atoms with Gasteiger partial charge in [-0.2, -0.15) is 5.26 Å². The first kappa shape index (κ1) is 13.5. The highest BCUT2D eigenvalue weighted by atomic mass is 15.1. The van der Waals surface area contributed by atoms with Gasteiger partial charge in [0.25, 0.3) is 0 Å². The summed E-state index contributed by atoms with van der Waals surface area (Å²) in [7, 11) is 4.17. The van der Waals surface area contributed by atoms with Gasteiger partial charge in [-0.15, -0.1) is 0 Å². The quantitative estimate of drug-likeness (QED) is 0.788. The van der Waals surface area contributed by atoms with E-state index >= 15 is 0 Å². The second-order valence-corrected chi connectivity index (χ2v) is 5.38. The van der Waals surface area contributed by atoms with Gasteiger partial charge in [0.15, 0.2) is 0 Å². The highest BCUT2D eigenvalue weighted by Gasteiger charge is 2.32. The summed E-state index contributed by atoms with van der Waals surface area (Å²) in [6.07, 6.45) is 2.51. The van der Waals surface area contributed by atoms with Crippen molar-refractivity contribution in [2.24, 2.45) is 17.8 Å². The van der Waals surface area contributed by atoms with Crippen LogP contribution in [0.4, 0.5) is 0 Å². The van der Waals surface area contributed by atoms with Crippen molar-refractivity contribution in [1.29, 1.82) is 5.26 Å². The molecule has 1 N–H and O–H groups in total. The summed E-state index contributed by atoms with van der Waals surface area (Å²) in [5.41, 5.74) is 0. The van der Waals surface area contributed by atoms with Crippen LogP contribution in [0.25, 0.3) is 0 Å². The lowest BCUT2D eigenvalue weighted by atomic mass is 9.79. The zero-order valence-corrected chi connectivity index (χ0v) is 11.0. The molecule has 1 aliphatic heterocycles. The molecule has 1 rings (SSSR count). The Kier molecular flexibility index (Phi) is 5.24. The second-order valence-electron chi connectivity index (χ2n) is 5.38. The van der Waals surface area contributed by atoms with Crippen LogP contribution in [0.3, 0.4) is 0 Å². The molecule has 1 aliphatic rings.